The van der Waals surface area contributed by atoms with Crippen LogP contribution in [0.3, 0.4) is 0 Å². The highest BCUT2D eigenvalue weighted by Crippen LogP contribution is 2.31. The Morgan fingerprint density at radius 3 is 2.95 bits per heavy atom. The van der Waals surface area contributed by atoms with Crippen LogP contribution in [0.2, 0.25) is 0 Å². The van der Waals surface area contributed by atoms with Crippen molar-refractivity contribution in [1.82, 2.24) is 14.9 Å². The SMILES string of the molecule is c1csc(CN2CCc3nc(C4CCCCC4)ncc3C2)c1. The summed E-state index contributed by atoms with van der Waals surface area (Å²) in [4.78, 5) is 13.6. The lowest BCUT2D eigenvalue weighted by molar-refractivity contribution is 0.244. The van der Waals surface area contributed by atoms with Gasteiger partial charge < -0.3 is 0 Å². The van der Waals surface area contributed by atoms with Crippen molar-refractivity contribution in [2.45, 2.75) is 57.5 Å². The molecule has 4 rings (SSSR count). The summed E-state index contributed by atoms with van der Waals surface area (Å²) in [5.41, 5.74) is 2.64. The van der Waals surface area contributed by atoms with Crippen LogP contribution < -0.4 is 0 Å². The van der Waals surface area contributed by atoms with E-state index in [4.69, 9.17) is 9.97 Å². The second-order valence-corrected chi connectivity index (χ2v) is 7.61. The molecule has 1 saturated carbocycles. The Bertz CT molecular complexity index is 617. The minimum Gasteiger partial charge on any atom is -0.294 e. The van der Waals surface area contributed by atoms with Crippen molar-refractivity contribution in [3.05, 3.63) is 45.7 Å². The number of nitrogens with zero attached hydrogens (tertiary/aromatic N) is 3. The molecule has 2 aliphatic rings. The molecule has 2 aromatic heterocycles. The second-order valence-electron chi connectivity index (χ2n) is 6.58. The number of fused-ring (bicyclic) bond motifs is 1. The molecule has 0 aromatic carbocycles. The zero-order valence-corrected chi connectivity index (χ0v) is 13.8. The molecule has 3 heterocycles. The van der Waals surface area contributed by atoms with E-state index in [-0.39, 0.29) is 0 Å². The predicted molar refractivity (Wildman–Crippen MR) is 90.0 cm³/mol. The van der Waals surface area contributed by atoms with Gasteiger partial charge in [-0.25, -0.2) is 9.97 Å². The van der Waals surface area contributed by atoms with Gasteiger partial charge in [0, 0.05) is 54.3 Å². The van der Waals surface area contributed by atoms with Crippen LogP contribution in [0.4, 0.5) is 0 Å². The van der Waals surface area contributed by atoms with E-state index in [0.29, 0.717) is 5.92 Å². The van der Waals surface area contributed by atoms with Gasteiger partial charge in [-0.05, 0) is 24.3 Å². The minimum absolute atomic E-state index is 0.614. The minimum atomic E-state index is 0.614. The molecule has 2 aromatic rings. The predicted octanol–water partition coefficient (Wildman–Crippen LogP) is 4.14. The molecule has 116 valence electrons. The van der Waals surface area contributed by atoms with Gasteiger partial charge in [-0.15, -0.1) is 11.3 Å². The summed E-state index contributed by atoms with van der Waals surface area (Å²) in [5.74, 6) is 1.73. The first-order valence-electron chi connectivity index (χ1n) is 8.48. The Morgan fingerprint density at radius 1 is 1.23 bits per heavy atom. The maximum absolute atomic E-state index is 4.93. The maximum atomic E-state index is 4.93. The summed E-state index contributed by atoms with van der Waals surface area (Å²) in [6.45, 7) is 3.17. The quantitative estimate of drug-likeness (QED) is 0.852. The van der Waals surface area contributed by atoms with Crippen LogP contribution in [0.15, 0.2) is 23.7 Å². The highest BCUT2D eigenvalue weighted by Gasteiger charge is 2.22. The molecule has 0 unspecified atom stereocenters. The molecular weight excluding hydrogens is 290 g/mol. The first-order chi connectivity index (χ1) is 10.9. The Hall–Kier alpha value is -1.26. The third-order valence-electron chi connectivity index (χ3n) is 4.96. The van der Waals surface area contributed by atoms with Crippen molar-refractivity contribution in [2.24, 2.45) is 0 Å². The number of hydrogen-bond acceptors (Lipinski definition) is 4. The molecule has 1 aliphatic carbocycles. The standard InChI is InChI=1S/C18H23N3S/c1-2-5-14(6-3-1)18-19-11-15-12-21(9-8-17(15)20-18)13-16-7-4-10-22-16/h4,7,10-11,14H,1-3,5-6,8-9,12-13H2. The van der Waals surface area contributed by atoms with E-state index in [1.165, 1.54) is 48.2 Å². The van der Waals surface area contributed by atoms with Gasteiger partial charge in [0.05, 0.1) is 0 Å². The van der Waals surface area contributed by atoms with Crippen LogP contribution in [0, 0.1) is 0 Å². The van der Waals surface area contributed by atoms with Gasteiger partial charge in [0.25, 0.3) is 0 Å². The molecule has 0 atom stereocenters. The molecule has 0 amide bonds. The van der Waals surface area contributed by atoms with E-state index in [0.717, 1.165) is 31.9 Å². The third kappa shape index (κ3) is 3.08. The number of thiophene rings is 1. The number of aromatic nitrogens is 2. The Balaban J connectivity index is 1.46. The summed E-state index contributed by atoms with van der Waals surface area (Å²) in [6, 6.07) is 4.36. The summed E-state index contributed by atoms with van der Waals surface area (Å²) in [5, 5.41) is 2.16. The van der Waals surface area contributed by atoms with Crippen molar-refractivity contribution in [3.63, 3.8) is 0 Å². The lowest BCUT2D eigenvalue weighted by Crippen LogP contribution is -2.31. The van der Waals surface area contributed by atoms with Gasteiger partial charge in [-0.1, -0.05) is 25.3 Å². The molecule has 4 heteroatoms. The first kappa shape index (κ1) is 14.3. The van der Waals surface area contributed by atoms with Crippen molar-refractivity contribution in [2.75, 3.05) is 6.54 Å². The van der Waals surface area contributed by atoms with Crippen LogP contribution in [0.1, 0.15) is 60.0 Å². The highest BCUT2D eigenvalue weighted by molar-refractivity contribution is 7.09. The van der Waals surface area contributed by atoms with Crippen LogP contribution in [-0.4, -0.2) is 21.4 Å². The van der Waals surface area contributed by atoms with Crippen LogP contribution in [0.5, 0.6) is 0 Å². The fourth-order valence-corrected chi connectivity index (χ4v) is 4.45. The number of hydrogen-bond donors (Lipinski definition) is 0. The summed E-state index contributed by atoms with van der Waals surface area (Å²) in [7, 11) is 0. The average molecular weight is 313 g/mol. The van der Waals surface area contributed by atoms with Gasteiger partial charge >= 0.3 is 0 Å². The van der Waals surface area contributed by atoms with Gasteiger partial charge in [0.1, 0.15) is 5.82 Å². The fourth-order valence-electron chi connectivity index (χ4n) is 3.71. The first-order valence-corrected chi connectivity index (χ1v) is 9.36. The Labute approximate surface area is 136 Å². The Morgan fingerprint density at radius 2 is 2.14 bits per heavy atom. The van der Waals surface area contributed by atoms with E-state index in [1.54, 1.807) is 0 Å². The van der Waals surface area contributed by atoms with Gasteiger partial charge in [0.15, 0.2) is 0 Å². The van der Waals surface area contributed by atoms with E-state index in [9.17, 15) is 0 Å². The zero-order valence-electron chi connectivity index (χ0n) is 13.0. The van der Waals surface area contributed by atoms with Gasteiger partial charge in [-0.3, -0.25) is 4.90 Å². The van der Waals surface area contributed by atoms with Crippen molar-refractivity contribution in [3.8, 4) is 0 Å². The van der Waals surface area contributed by atoms with Gasteiger partial charge in [-0.2, -0.15) is 0 Å². The van der Waals surface area contributed by atoms with Crippen molar-refractivity contribution >= 4 is 11.3 Å². The molecule has 0 spiro atoms. The van der Waals surface area contributed by atoms with E-state index >= 15 is 0 Å². The molecule has 0 bridgehead atoms. The topological polar surface area (TPSA) is 29.0 Å². The fraction of sp³-hybridized carbons (Fsp3) is 0.556. The second kappa shape index (κ2) is 6.47. The summed E-state index contributed by atoms with van der Waals surface area (Å²) in [6.07, 6.45) is 9.82. The molecule has 0 radical (unpaired) electrons. The normalized spacial score (nSPS) is 20.0. The van der Waals surface area contributed by atoms with E-state index in [1.807, 2.05) is 11.3 Å². The monoisotopic (exact) mass is 313 g/mol. The molecule has 1 fully saturated rings. The van der Waals surface area contributed by atoms with Crippen LogP contribution in [-0.2, 0) is 19.5 Å². The largest absolute Gasteiger partial charge is 0.294 e. The average Bonchev–Trinajstić information content (AvgIpc) is 3.08. The van der Waals surface area contributed by atoms with Crippen LogP contribution in [0.25, 0.3) is 0 Å². The Kier molecular flexibility index (Phi) is 4.22. The van der Waals surface area contributed by atoms with Crippen molar-refractivity contribution in [1.29, 1.82) is 0 Å². The molecule has 0 N–H and O–H groups in total. The molecule has 0 saturated heterocycles. The number of rotatable bonds is 3. The lowest BCUT2D eigenvalue weighted by atomic mass is 9.88. The molecular formula is C18H23N3S. The van der Waals surface area contributed by atoms with E-state index < -0.39 is 0 Å². The molecule has 3 nitrogen and oxygen atoms in total. The smallest absolute Gasteiger partial charge is 0.131 e. The summed E-state index contributed by atoms with van der Waals surface area (Å²) < 4.78 is 0. The highest BCUT2D eigenvalue weighted by atomic mass is 32.1. The van der Waals surface area contributed by atoms with E-state index in [2.05, 4.69) is 28.6 Å². The van der Waals surface area contributed by atoms with Crippen LogP contribution >= 0.6 is 11.3 Å². The summed E-state index contributed by atoms with van der Waals surface area (Å²) >= 11 is 1.85. The van der Waals surface area contributed by atoms with Gasteiger partial charge in [0.2, 0.25) is 0 Å². The molecule has 1 aliphatic heterocycles. The zero-order chi connectivity index (χ0) is 14.8. The maximum Gasteiger partial charge on any atom is 0.131 e. The lowest BCUT2D eigenvalue weighted by Gasteiger charge is -2.28. The third-order valence-corrected chi connectivity index (χ3v) is 5.82. The molecule has 22 heavy (non-hydrogen) atoms. The van der Waals surface area contributed by atoms with Crippen molar-refractivity contribution < 1.29 is 0 Å².